The van der Waals surface area contributed by atoms with Crippen LogP contribution in [0.4, 0.5) is 5.82 Å². The number of anilines is 1. The quantitative estimate of drug-likeness (QED) is 0.429. The average molecular weight is 493 g/mol. The number of hydrogen-bond acceptors (Lipinski definition) is 6. The minimum absolute atomic E-state index is 0.0775. The number of fused-ring (bicyclic) bond motifs is 1. The average Bonchev–Trinajstić information content (AvgIpc) is 3.45. The van der Waals surface area contributed by atoms with Gasteiger partial charge in [-0.3, -0.25) is 4.79 Å². The largest absolute Gasteiger partial charge is 0.481 e. The predicted octanol–water partition coefficient (Wildman–Crippen LogP) is 4.03. The van der Waals surface area contributed by atoms with Crippen LogP contribution in [0.3, 0.4) is 0 Å². The van der Waals surface area contributed by atoms with Crippen LogP contribution in [0.15, 0.2) is 36.9 Å². The maximum atomic E-state index is 12.1. The van der Waals surface area contributed by atoms with Crippen molar-refractivity contribution >= 4 is 51.9 Å². The fourth-order valence-electron chi connectivity index (χ4n) is 4.19. The molecule has 0 bridgehead atoms. The maximum absolute atomic E-state index is 12.1. The number of pyridine rings is 1. The molecule has 2 aromatic heterocycles. The van der Waals surface area contributed by atoms with Crippen molar-refractivity contribution in [1.82, 2.24) is 14.5 Å². The van der Waals surface area contributed by atoms with Crippen molar-refractivity contribution < 1.29 is 24.5 Å². The van der Waals surface area contributed by atoms with Crippen LogP contribution in [0.2, 0.25) is 10.0 Å². The highest BCUT2D eigenvalue weighted by Gasteiger charge is 2.39. The molecule has 0 saturated carbocycles. The van der Waals surface area contributed by atoms with Crippen molar-refractivity contribution in [3.8, 4) is 5.69 Å². The molecule has 1 aromatic carbocycles. The Balaban J connectivity index is 1.72. The normalized spacial score (nSPS) is 18.2. The highest BCUT2D eigenvalue weighted by Crippen LogP contribution is 2.38. The summed E-state index contributed by atoms with van der Waals surface area (Å²) in [5, 5.41) is 20.0. The van der Waals surface area contributed by atoms with E-state index in [1.807, 2.05) is 16.7 Å². The molecule has 2 atom stereocenters. The van der Waals surface area contributed by atoms with Crippen molar-refractivity contribution in [2.24, 2.45) is 0 Å². The number of aliphatic carboxylic acids is 2. The van der Waals surface area contributed by atoms with E-state index in [2.05, 4.69) is 4.98 Å². The number of imidazole rings is 1. The predicted molar refractivity (Wildman–Crippen MR) is 123 cm³/mol. The third-order valence-corrected chi connectivity index (χ3v) is 6.52. The summed E-state index contributed by atoms with van der Waals surface area (Å²) < 4.78 is 7.26. The number of rotatable bonds is 9. The van der Waals surface area contributed by atoms with E-state index in [0.717, 1.165) is 11.1 Å². The summed E-state index contributed by atoms with van der Waals surface area (Å²) >= 11 is 12.7. The van der Waals surface area contributed by atoms with Crippen molar-refractivity contribution in [2.75, 3.05) is 18.1 Å². The number of hydrogen-bond donors (Lipinski definition) is 2. The SMILES string of the molecule is O=C(O)CCOCC[C@@H]1CC[C@@H](C(=O)O)N1c1cc(-n2ccnc2)c2ccc(Cl)c(Cl)c2n1. The van der Waals surface area contributed by atoms with Crippen molar-refractivity contribution in [3.05, 3.63) is 47.0 Å². The Kier molecular flexibility index (Phi) is 7.02. The Morgan fingerprint density at radius 2 is 2.00 bits per heavy atom. The third-order valence-electron chi connectivity index (χ3n) is 5.73. The topological polar surface area (TPSA) is 118 Å². The molecule has 4 rings (SSSR count). The summed E-state index contributed by atoms with van der Waals surface area (Å²) in [6.07, 6.45) is 6.64. The second kappa shape index (κ2) is 9.94. The lowest BCUT2D eigenvalue weighted by atomic mass is 10.1. The van der Waals surface area contributed by atoms with Gasteiger partial charge in [0, 0.05) is 36.5 Å². The molecule has 33 heavy (non-hydrogen) atoms. The van der Waals surface area contributed by atoms with Crippen molar-refractivity contribution in [2.45, 2.75) is 37.8 Å². The molecule has 11 heteroatoms. The minimum atomic E-state index is -0.937. The van der Waals surface area contributed by atoms with Gasteiger partial charge in [-0.1, -0.05) is 23.2 Å². The van der Waals surface area contributed by atoms with Gasteiger partial charge in [-0.05, 0) is 31.4 Å². The molecule has 0 unspecified atom stereocenters. The number of carboxylic acids is 2. The van der Waals surface area contributed by atoms with Crippen LogP contribution in [0.1, 0.15) is 25.7 Å². The first-order valence-corrected chi connectivity index (χ1v) is 11.2. The Morgan fingerprint density at radius 1 is 1.18 bits per heavy atom. The smallest absolute Gasteiger partial charge is 0.326 e. The van der Waals surface area contributed by atoms with E-state index < -0.39 is 18.0 Å². The highest BCUT2D eigenvalue weighted by molar-refractivity contribution is 6.45. The molecule has 174 valence electrons. The van der Waals surface area contributed by atoms with Gasteiger partial charge in [-0.25, -0.2) is 14.8 Å². The highest BCUT2D eigenvalue weighted by atomic mass is 35.5. The molecule has 1 aliphatic rings. The van der Waals surface area contributed by atoms with Crippen LogP contribution in [0, 0.1) is 0 Å². The molecule has 2 N–H and O–H groups in total. The molecule has 1 fully saturated rings. The standard InChI is InChI=1S/C22H22Cl2N4O5/c23-15-3-2-14-17(27-8-7-25-12-27)11-18(26-21(14)20(15)24)28-13(1-4-16(28)22(31)32)5-9-33-10-6-19(29)30/h2-3,7-8,11-13,16H,1,4-6,9-10H2,(H,29,30)(H,31,32)/t13-,16-/m0/s1. The number of carboxylic acid groups (broad SMARTS) is 2. The van der Waals surface area contributed by atoms with Crippen LogP contribution in [0.5, 0.6) is 0 Å². The number of aromatic nitrogens is 3. The van der Waals surface area contributed by atoms with E-state index >= 15 is 0 Å². The second-order valence-corrected chi connectivity index (χ2v) is 8.55. The summed E-state index contributed by atoms with van der Waals surface area (Å²) in [4.78, 5) is 33.4. The Bertz CT molecular complexity index is 1170. The molecule has 0 amide bonds. The van der Waals surface area contributed by atoms with E-state index in [0.29, 0.717) is 42.2 Å². The van der Waals surface area contributed by atoms with Gasteiger partial charge in [0.2, 0.25) is 0 Å². The number of halogens is 2. The summed E-state index contributed by atoms with van der Waals surface area (Å²) in [5.41, 5.74) is 1.22. The summed E-state index contributed by atoms with van der Waals surface area (Å²) in [6.45, 7) is 0.423. The van der Waals surface area contributed by atoms with E-state index in [9.17, 15) is 14.7 Å². The van der Waals surface area contributed by atoms with E-state index in [1.165, 1.54) is 0 Å². The summed E-state index contributed by atoms with van der Waals surface area (Å²) in [5.74, 6) is -1.39. The van der Waals surface area contributed by atoms with Crippen LogP contribution in [0.25, 0.3) is 16.6 Å². The monoisotopic (exact) mass is 492 g/mol. The van der Waals surface area contributed by atoms with Gasteiger partial charge in [0.05, 0.1) is 40.6 Å². The molecule has 1 aliphatic heterocycles. The van der Waals surface area contributed by atoms with Crippen LogP contribution in [-0.2, 0) is 14.3 Å². The number of carbonyl (C=O) groups is 2. The fourth-order valence-corrected chi connectivity index (χ4v) is 4.55. The second-order valence-electron chi connectivity index (χ2n) is 7.76. The van der Waals surface area contributed by atoms with Crippen LogP contribution in [-0.4, -0.2) is 62.0 Å². The van der Waals surface area contributed by atoms with Gasteiger partial charge in [0.25, 0.3) is 0 Å². The van der Waals surface area contributed by atoms with Crippen molar-refractivity contribution in [1.29, 1.82) is 0 Å². The minimum Gasteiger partial charge on any atom is -0.481 e. The Morgan fingerprint density at radius 3 is 2.70 bits per heavy atom. The Labute approximate surface area is 199 Å². The molecule has 3 heterocycles. The number of benzene rings is 1. The fraction of sp³-hybridized carbons (Fsp3) is 0.364. The van der Waals surface area contributed by atoms with Gasteiger partial charge in [-0.15, -0.1) is 0 Å². The molecular formula is C22H22Cl2N4O5. The molecule has 9 nitrogen and oxygen atoms in total. The first kappa shape index (κ1) is 23.3. The lowest BCUT2D eigenvalue weighted by molar-refractivity contribution is -0.139. The third kappa shape index (κ3) is 4.90. The first-order valence-electron chi connectivity index (χ1n) is 10.4. The van der Waals surface area contributed by atoms with Crippen molar-refractivity contribution in [3.63, 3.8) is 0 Å². The van der Waals surface area contributed by atoms with E-state index in [1.54, 1.807) is 29.7 Å². The van der Waals surface area contributed by atoms with Gasteiger partial charge < -0.3 is 24.4 Å². The molecule has 0 aliphatic carbocycles. The zero-order chi connectivity index (χ0) is 23.5. The zero-order valence-electron chi connectivity index (χ0n) is 17.5. The molecule has 0 spiro atoms. The lowest BCUT2D eigenvalue weighted by Crippen LogP contribution is -2.42. The number of ether oxygens (including phenoxy) is 1. The van der Waals surface area contributed by atoms with Gasteiger partial charge in [0.15, 0.2) is 0 Å². The van der Waals surface area contributed by atoms with E-state index in [-0.39, 0.29) is 24.1 Å². The molecule has 3 aromatic rings. The van der Waals surface area contributed by atoms with Crippen LogP contribution >= 0.6 is 23.2 Å². The Hall–Kier alpha value is -2.88. The number of nitrogens with zero attached hydrogens (tertiary/aromatic N) is 4. The van der Waals surface area contributed by atoms with E-state index in [4.69, 9.17) is 38.0 Å². The van der Waals surface area contributed by atoms with Gasteiger partial charge in [-0.2, -0.15) is 0 Å². The first-order chi connectivity index (χ1) is 15.9. The zero-order valence-corrected chi connectivity index (χ0v) is 19.0. The van der Waals surface area contributed by atoms with Gasteiger partial charge in [0.1, 0.15) is 11.9 Å². The molecule has 0 radical (unpaired) electrons. The van der Waals surface area contributed by atoms with Crippen LogP contribution < -0.4 is 4.90 Å². The molecular weight excluding hydrogens is 471 g/mol. The summed E-state index contributed by atoms with van der Waals surface area (Å²) in [7, 11) is 0. The summed E-state index contributed by atoms with van der Waals surface area (Å²) in [6, 6.07) is 4.44. The maximum Gasteiger partial charge on any atom is 0.326 e. The van der Waals surface area contributed by atoms with Gasteiger partial charge >= 0.3 is 11.9 Å². The lowest BCUT2D eigenvalue weighted by Gasteiger charge is -2.30. The molecule has 1 saturated heterocycles.